The molecule has 2 aromatic rings. The van der Waals surface area contributed by atoms with E-state index in [1.165, 1.54) is 24.3 Å². The van der Waals surface area contributed by atoms with Gasteiger partial charge in [-0.05, 0) is 30.3 Å². The van der Waals surface area contributed by atoms with Gasteiger partial charge in [0.25, 0.3) is 0 Å². The summed E-state index contributed by atoms with van der Waals surface area (Å²) in [6.07, 6.45) is 0. The van der Waals surface area contributed by atoms with Gasteiger partial charge in [0.2, 0.25) is 0 Å². The minimum atomic E-state index is -1.15. The highest BCUT2D eigenvalue weighted by molar-refractivity contribution is 6.30. The predicted octanol–water partition coefficient (Wildman–Crippen LogP) is 3.24. The maximum absolute atomic E-state index is 13.6. The van der Waals surface area contributed by atoms with E-state index in [0.717, 1.165) is 6.07 Å². The van der Waals surface area contributed by atoms with E-state index >= 15 is 0 Å². The van der Waals surface area contributed by atoms with Gasteiger partial charge in [0.15, 0.2) is 0 Å². The average Bonchev–Trinajstić information content (AvgIpc) is 2.29. The molecular weight excluding hydrogens is 245 g/mol. The highest BCUT2D eigenvalue weighted by Crippen LogP contribution is 2.23. The summed E-state index contributed by atoms with van der Waals surface area (Å²) < 4.78 is 13.6. The number of rotatable bonds is 2. The maximum atomic E-state index is 13.6. The monoisotopic (exact) mass is 251 g/mol. The first-order valence-corrected chi connectivity index (χ1v) is 5.11. The molecule has 5 heteroatoms. The fraction of sp³-hybridized carbons (Fsp3) is 0. The summed E-state index contributed by atoms with van der Waals surface area (Å²) in [6, 6.07) is 8.55. The zero-order chi connectivity index (χ0) is 12.4. The number of carboxylic acid groups (broad SMARTS) is 1. The lowest BCUT2D eigenvalue weighted by Crippen LogP contribution is -2.01. The summed E-state index contributed by atoms with van der Waals surface area (Å²) in [7, 11) is 0. The number of halogens is 2. The SMILES string of the molecule is O=C(O)c1cccc(-c2ccc(Cl)cc2F)n1. The second kappa shape index (κ2) is 4.51. The van der Waals surface area contributed by atoms with E-state index in [9.17, 15) is 9.18 Å². The second-order valence-electron chi connectivity index (χ2n) is 3.34. The molecular formula is C12H7ClFNO2. The normalized spacial score (nSPS) is 10.2. The molecule has 0 aliphatic carbocycles. The molecule has 3 nitrogen and oxygen atoms in total. The van der Waals surface area contributed by atoms with Crippen molar-refractivity contribution < 1.29 is 14.3 Å². The summed E-state index contributed by atoms with van der Waals surface area (Å²) in [4.78, 5) is 14.6. The third kappa shape index (κ3) is 2.42. The molecule has 0 spiro atoms. The van der Waals surface area contributed by atoms with Crippen LogP contribution < -0.4 is 0 Å². The van der Waals surface area contributed by atoms with Crippen LogP contribution in [0.25, 0.3) is 11.3 Å². The van der Waals surface area contributed by atoms with E-state index in [-0.39, 0.29) is 22.0 Å². The number of aromatic carboxylic acids is 1. The average molecular weight is 252 g/mol. The molecule has 0 aliphatic rings. The van der Waals surface area contributed by atoms with Gasteiger partial charge in [-0.15, -0.1) is 0 Å². The van der Waals surface area contributed by atoms with Gasteiger partial charge in [-0.2, -0.15) is 0 Å². The molecule has 1 aromatic heterocycles. The molecule has 86 valence electrons. The molecule has 0 bridgehead atoms. The first-order valence-electron chi connectivity index (χ1n) is 4.73. The van der Waals surface area contributed by atoms with Gasteiger partial charge >= 0.3 is 5.97 Å². The van der Waals surface area contributed by atoms with E-state index in [2.05, 4.69) is 4.98 Å². The van der Waals surface area contributed by atoms with Crippen molar-refractivity contribution >= 4 is 17.6 Å². The van der Waals surface area contributed by atoms with Gasteiger partial charge < -0.3 is 5.11 Å². The second-order valence-corrected chi connectivity index (χ2v) is 3.77. The Morgan fingerprint density at radius 2 is 2.06 bits per heavy atom. The first-order chi connectivity index (χ1) is 8.08. The topological polar surface area (TPSA) is 50.2 Å². The Morgan fingerprint density at radius 3 is 2.71 bits per heavy atom. The van der Waals surface area contributed by atoms with Gasteiger partial charge in [-0.25, -0.2) is 14.2 Å². The van der Waals surface area contributed by atoms with Gasteiger partial charge in [0.1, 0.15) is 11.5 Å². The molecule has 1 N–H and O–H groups in total. The fourth-order valence-corrected chi connectivity index (χ4v) is 1.56. The van der Waals surface area contributed by atoms with Crippen LogP contribution in [0.1, 0.15) is 10.5 Å². The molecule has 0 amide bonds. The molecule has 0 radical (unpaired) electrons. The molecule has 0 fully saturated rings. The molecule has 1 aromatic carbocycles. The van der Waals surface area contributed by atoms with Crippen molar-refractivity contribution in [2.24, 2.45) is 0 Å². The van der Waals surface area contributed by atoms with E-state index < -0.39 is 11.8 Å². The first kappa shape index (κ1) is 11.5. The number of carbonyl (C=O) groups is 1. The minimum absolute atomic E-state index is 0.128. The van der Waals surface area contributed by atoms with Gasteiger partial charge in [0, 0.05) is 10.6 Å². The Balaban J connectivity index is 2.53. The van der Waals surface area contributed by atoms with Gasteiger partial charge in [0.05, 0.1) is 5.69 Å². The van der Waals surface area contributed by atoms with Crippen molar-refractivity contribution in [3.05, 3.63) is 52.9 Å². The third-order valence-corrected chi connectivity index (χ3v) is 2.41. The van der Waals surface area contributed by atoms with E-state index in [1.807, 2.05) is 0 Å². The fourth-order valence-electron chi connectivity index (χ4n) is 1.40. The number of hydrogen-bond donors (Lipinski definition) is 1. The zero-order valence-corrected chi connectivity index (χ0v) is 9.28. The van der Waals surface area contributed by atoms with Crippen LogP contribution in [0.15, 0.2) is 36.4 Å². The zero-order valence-electron chi connectivity index (χ0n) is 8.52. The maximum Gasteiger partial charge on any atom is 0.354 e. The lowest BCUT2D eigenvalue weighted by molar-refractivity contribution is 0.0690. The van der Waals surface area contributed by atoms with Crippen LogP contribution in [-0.2, 0) is 0 Å². The number of benzene rings is 1. The number of hydrogen-bond acceptors (Lipinski definition) is 2. The van der Waals surface area contributed by atoms with Crippen molar-refractivity contribution in [1.29, 1.82) is 0 Å². The van der Waals surface area contributed by atoms with Crippen LogP contribution in [-0.4, -0.2) is 16.1 Å². The Morgan fingerprint density at radius 1 is 1.29 bits per heavy atom. The Labute approximate surface area is 101 Å². The van der Waals surface area contributed by atoms with Crippen molar-refractivity contribution in [3.63, 3.8) is 0 Å². The van der Waals surface area contributed by atoms with Crippen molar-refractivity contribution in [3.8, 4) is 11.3 Å². The highest BCUT2D eigenvalue weighted by atomic mass is 35.5. The molecule has 17 heavy (non-hydrogen) atoms. The summed E-state index contributed by atoms with van der Waals surface area (Å²) in [5.41, 5.74) is 0.355. The third-order valence-electron chi connectivity index (χ3n) is 2.18. The molecule has 0 unspecified atom stereocenters. The minimum Gasteiger partial charge on any atom is -0.477 e. The highest BCUT2D eigenvalue weighted by Gasteiger charge is 2.10. The lowest BCUT2D eigenvalue weighted by Gasteiger charge is -2.03. The molecule has 2 rings (SSSR count). The van der Waals surface area contributed by atoms with Crippen LogP contribution in [0.3, 0.4) is 0 Å². The van der Waals surface area contributed by atoms with Crippen molar-refractivity contribution in [2.45, 2.75) is 0 Å². The molecule has 0 aliphatic heterocycles. The van der Waals surface area contributed by atoms with E-state index in [1.54, 1.807) is 6.07 Å². The predicted molar refractivity (Wildman–Crippen MR) is 61.6 cm³/mol. The molecule has 0 atom stereocenters. The van der Waals surface area contributed by atoms with Crippen molar-refractivity contribution in [2.75, 3.05) is 0 Å². The Hall–Kier alpha value is -1.94. The standard InChI is InChI=1S/C12H7ClFNO2/c13-7-4-5-8(9(14)6-7)10-2-1-3-11(15-10)12(16)17/h1-6H,(H,16,17). The van der Waals surface area contributed by atoms with Crippen LogP contribution in [0.5, 0.6) is 0 Å². The largest absolute Gasteiger partial charge is 0.477 e. The van der Waals surface area contributed by atoms with Crippen molar-refractivity contribution in [1.82, 2.24) is 4.98 Å². The van der Waals surface area contributed by atoms with Crippen LogP contribution in [0, 0.1) is 5.82 Å². The van der Waals surface area contributed by atoms with E-state index in [0.29, 0.717) is 0 Å². The van der Waals surface area contributed by atoms with Crippen LogP contribution in [0.4, 0.5) is 4.39 Å². The smallest absolute Gasteiger partial charge is 0.354 e. The van der Waals surface area contributed by atoms with Gasteiger partial charge in [-0.1, -0.05) is 17.7 Å². The Bertz CT molecular complexity index is 586. The van der Waals surface area contributed by atoms with Gasteiger partial charge in [-0.3, -0.25) is 0 Å². The summed E-state index contributed by atoms with van der Waals surface area (Å²) in [5, 5.41) is 9.07. The van der Waals surface area contributed by atoms with Crippen LogP contribution >= 0.6 is 11.6 Å². The number of aromatic nitrogens is 1. The molecule has 0 saturated carbocycles. The Kier molecular flexibility index (Phi) is 3.06. The summed E-state index contributed by atoms with van der Waals surface area (Å²) in [6.45, 7) is 0. The summed E-state index contributed by atoms with van der Waals surface area (Å²) in [5.74, 6) is -1.69. The lowest BCUT2D eigenvalue weighted by atomic mass is 10.1. The number of nitrogens with zero attached hydrogens (tertiary/aromatic N) is 1. The number of pyridine rings is 1. The quantitative estimate of drug-likeness (QED) is 0.891. The molecule has 1 heterocycles. The summed E-state index contributed by atoms with van der Waals surface area (Å²) >= 11 is 5.63. The number of carboxylic acids is 1. The molecule has 0 saturated heterocycles. The van der Waals surface area contributed by atoms with E-state index in [4.69, 9.17) is 16.7 Å². The van der Waals surface area contributed by atoms with Crippen LogP contribution in [0.2, 0.25) is 5.02 Å².